The molecule has 4 heteroatoms. The molecular weight excluding hydrogens is 178 g/mol. The van der Waals surface area contributed by atoms with E-state index >= 15 is 0 Å². The summed E-state index contributed by atoms with van der Waals surface area (Å²) >= 11 is 0. The number of aryl methyl sites for hydroxylation is 1. The third-order valence-corrected chi connectivity index (χ3v) is 2.40. The monoisotopic (exact) mass is 193 g/mol. The van der Waals surface area contributed by atoms with E-state index in [0.29, 0.717) is 6.61 Å². The third-order valence-electron chi connectivity index (χ3n) is 2.40. The normalized spacial score (nSPS) is 17.6. The van der Waals surface area contributed by atoms with Crippen molar-refractivity contribution >= 4 is 0 Å². The molecule has 0 bridgehead atoms. The van der Waals surface area contributed by atoms with Crippen molar-refractivity contribution in [3.8, 4) is 0 Å². The number of rotatable bonds is 1. The van der Waals surface area contributed by atoms with Gasteiger partial charge < -0.3 is 10.5 Å². The Labute approximate surface area is 83.5 Å². The van der Waals surface area contributed by atoms with Gasteiger partial charge in [0.1, 0.15) is 5.82 Å². The number of fused-ring (bicyclic) bond motifs is 1. The average Bonchev–Trinajstić information content (AvgIpc) is 2.16. The number of hydrogen-bond donors (Lipinski definition) is 1. The van der Waals surface area contributed by atoms with Crippen molar-refractivity contribution in [1.82, 2.24) is 9.97 Å². The topological polar surface area (TPSA) is 61.0 Å². The Morgan fingerprint density at radius 2 is 2.21 bits per heavy atom. The van der Waals surface area contributed by atoms with Gasteiger partial charge in [0.05, 0.1) is 24.6 Å². The largest absolute Gasteiger partial charge is 0.375 e. The lowest BCUT2D eigenvalue weighted by Gasteiger charge is -2.20. The van der Waals surface area contributed by atoms with Gasteiger partial charge in [0.15, 0.2) is 0 Å². The molecule has 14 heavy (non-hydrogen) atoms. The fourth-order valence-electron chi connectivity index (χ4n) is 1.79. The number of ether oxygens (including phenoxy) is 1. The van der Waals surface area contributed by atoms with Crippen LogP contribution in [0.15, 0.2) is 0 Å². The van der Waals surface area contributed by atoms with Crippen LogP contribution < -0.4 is 5.73 Å². The first-order valence-corrected chi connectivity index (χ1v) is 4.88. The average molecular weight is 193 g/mol. The zero-order valence-electron chi connectivity index (χ0n) is 8.58. The molecule has 1 aliphatic heterocycles. The molecule has 2 N–H and O–H groups in total. The maximum atomic E-state index is 5.88. The van der Waals surface area contributed by atoms with Crippen LogP contribution in [0.1, 0.15) is 35.7 Å². The molecule has 0 radical (unpaired) electrons. The summed E-state index contributed by atoms with van der Waals surface area (Å²) < 4.78 is 5.35. The van der Waals surface area contributed by atoms with Crippen LogP contribution in [0.4, 0.5) is 0 Å². The van der Waals surface area contributed by atoms with Crippen LogP contribution in [-0.2, 0) is 17.8 Å². The van der Waals surface area contributed by atoms with Crippen LogP contribution in [-0.4, -0.2) is 16.6 Å². The molecule has 1 aromatic heterocycles. The van der Waals surface area contributed by atoms with Gasteiger partial charge in [-0.15, -0.1) is 0 Å². The first kappa shape index (κ1) is 9.55. The van der Waals surface area contributed by atoms with Crippen LogP contribution in [0.5, 0.6) is 0 Å². The summed E-state index contributed by atoms with van der Waals surface area (Å²) in [6.07, 6.45) is 0.881. The molecule has 0 aromatic carbocycles. The second-order valence-electron chi connectivity index (χ2n) is 3.67. The van der Waals surface area contributed by atoms with E-state index in [4.69, 9.17) is 10.5 Å². The lowest BCUT2D eigenvalue weighted by Crippen LogP contribution is -2.20. The van der Waals surface area contributed by atoms with Crippen molar-refractivity contribution in [3.05, 3.63) is 22.8 Å². The molecule has 1 aliphatic rings. The quantitative estimate of drug-likeness (QED) is 0.719. The second kappa shape index (κ2) is 3.63. The lowest BCUT2D eigenvalue weighted by molar-refractivity contribution is 0.106. The lowest BCUT2D eigenvalue weighted by atomic mass is 10.0. The van der Waals surface area contributed by atoms with Crippen LogP contribution in [0, 0.1) is 6.92 Å². The minimum atomic E-state index is -0.0245. The van der Waals surface area contributed by atoms with E-state index in [1.807, 2.05) is 13.8 Å². The number of aromatic nitrogens is 2. The van der Waals surface area contributed by atoms with Crippen molar-refractivity contribution in [3.63, 3.8) is 0 Å². The number of nitrogens with two attached hydrogens (primary N) is 1. The molecule has 0 saturated carbocycles. The van der Waals surface area contributed by atoms with E-state index < -0.39 is 0 Å². The Morgan fingerprint density at radius 1 is 1.43 bits per heavy atom. The highest BCUT2D eigenvalue weighted by Gasteiger charge is 2.18. The van der Waals surface area contributed by atoms with E-state index in [2.05, 4.69) is 9.97 Å². The third kappa shape index (κ3) is 1.63. The van der Waals surface area contributed by atoms with Crippen LogP contribution in [0.3, 0.4) is 0 Å². The van der Waals surface area contributed by atoms with Gasteiger partial charge in [0, 0.05) is 11.6 Å². The molecule has 0 fully saturated rings. The summed E-state index contributed by atoms with van der Waals surface area (Å²) in [6.45, 7) is 5.19. The molecule has 1 atom stereocenters. The van der Waals surface area contributed by atoms with E-state index in [-0.39, 0.29) is 6.04 Å². The standard InChI is InChI=1S/C10H15N3O/c1-6(11)10-8-3-4-14-5-9(8)12-7(2)13-10/h6H,3-5,11H2,1-2H3. The summed E-state index contributed by atoms with van der Waals surface area (Å²) in [7, 11) is 0. The van der Waals surface area contributed by atoms with Gasteiger partial charge in [-0.1, -0.05) is 0 Å². The smallest absolute Gasteiger partial charge is 0.125 e. The minimum Gasteiger partial charge on any atom is -0.375 e. The second-order valence-corrected chi connectivity index (χ2v) is 3.67. The molecule has 0 saturated heterocycles. The summed E-state index contributed by atoms with van der Waals surface area (Å²) in [5.74, 6) is 0.779. The Kier molecular flexibility index (Phi) is 2.48. The Bertz CT molecular complexity index is 349. The molecule has 4 nitrogen and oxygen atoms in total. The highest BCUT2D eigenvalue weighted by molar-refractivity contribution is 5.29. The van der Waals surface area contributed by atoms with Crippen LogP contribution in [0.2, 0.25) is 0 Å². The summed E-state index contributed by atoms with van der Waals surface area (Å²) in [6, 6.07) is -0.0245. The predicted molar refractivity (Wildman–Crippen MR) is 52.7 cm³/mol. The zero-order valence-corrected chi connectivity index (χ0v) is 8.58. The van der Waals surface area contributed by atoms with Crippen molar-refractivity contribution < 1.29 is 4.74 Å². The summed E-state index contributed by atoms with van der Waals surface area (Å²) in [5, 5.41) is 0. The molecule has 2 heterocycles. The Balaban J connectivity index is 2.52. The molecule has 76 valence electrons. The first-order valence-electron chi connectivity index (χ1n) is 4.88. The van der Waals surface area contributed by atoms with Crippen LogP contribution >= 0.6 is 0 Å². The first-order chi connectivity index (χ1) is 6.68. The van der Waals surface area contributed by atoms with E-state index in [9.17, 15) is 0 Å². The summed E-state index contributed by atoms with van der Waals surface area (Å²) in [5.41, 5.74) is 9.06. The Hall–Kier alpha value is -1.00. The molecular formula is C10H15N3O. The molecule has 1 unspecified atom stereocenters. The van der Waals surface area contributed by atoms with Gasteiger partial charge >= 0.3 is 0 Å². The predicted octanol–water partition coefficient (Wildman–Crippen LogP) is 0.877. The number of hydrogen-bond acceptors (Lipinski definition) is 4. The van der Waals surface area contributed by atoms with Crippen molar-refractivity contribution in [2.75, 3.05) is 6.61 Å². The molecule has 1 aromatic rings. The van der Waals surface area contributed by atoms with Crippen molar-refractivity contribution in [2.45, 2.75) is 32.9 Å². The molecule has 0 aliphatic carbocycles. The maximum Gasteiger partial charge on any atom is 0.125 e. The van der Waals surface area contributed by atoms with E-state index in [1.54, 1.807) is 0 Å². The van der Waals surface area contributed by atoms with Gasteiger partial charge in [-0.2, -0.15) is 0 Å². The SMILES string of the molecule is Cc1nc2c(c(C(C)N)n1)CCOC2. The van der Waals surface area contributed by atoms with Crippen molar-refractivity contribution in [2.24, 2.45) is 5.73 Å². The van der Waals surface area contributed by atoms with Gasteiger partial charge in [-0.05, 0) is 20.3 Å². The maximum absolute atomic E-state index is 5.88. The van der Waals surface area contributed by atoms with Crippen LogP contribution in [0.25, 0.3) is 0 Å². The van der Waals surface area contributed by atoms with Crippen molar-refractivity contribution in [1.29, 1.82) is 0 Å². The summed E-state index contributed by atoms with van der Waals surface area (Å²) in [4.78, 5) is 8.76. The van der Waals surface area contributed by atoms with Gasteiger partial charge in [0.25, 0.3) is 0 Å². The fraction of sp³-hybridized carbons (Fsp3) is 0.600. The Morgan fingerprint density at radius 3 is 2.93 bits per heavy atom. The highest BCUT2D eigenvalue weighted by Crippen LogP contribution is 2.21. The zero-order chi connectivity index (χ0) is 10.1. The van der Waals surface area contributed by atoms with Gasteiger partial charge in [0.2, 0.25) is 0 Å². The van der Waals surface area contributed by atoms with E-state index in [1.165, 1.54) is 5.56 Å². The number of nitrogens with zero attached hydrogens (tertiary/aromatic N) is 2. The highest BCUT2D eigenvalue weighted by atomic mass is 16.5. The fourth-order valence-corrected chi connectivity index (χ4v) is 1.79. The van der Waals surface area contributed by atoms with E-state index in [0.717, 1.165) is 30.2 Å². The molecule has 0 spiro atoms. The van der Waals surface area contributed by atoms with Gasteiger partial charge in [-0.25, -0.2) is 9.97 Å². The molecule has 2 rings (SSSR count). The molecule has 0 amide bonds. The minimum absolute atomic E-state index is 0.0245. The van der Waals surface area contributed by atoms with Gasteiger partial charge in [-0.3, -0.25) is 0 Å².